The van der Waals surface area contributed by atoms with Crippen molar-refractivity contribution in [3.8, 4) is 11.5 Å². The summed E-state index contributed by atoms with van der Waals surface area (Å²) in [6, 6.07) is 6.64. The summed E-state index contributed by atoms with van der Waals surface area (Å²) in [6.07, 6.45) is 2.34. The molecule has 0 saturated carbocycles. The lowest BCUT2D eigenvalue weighted by Crippen LogP contribution is -2.45. The van der Waals surface area contributed by atoms with Crippen molar-refractivity contribution in [3.05, 3.63) is 47.9 Å². The fourth-order valence-corrected chi connectivity index (χ4v) is 3.26. The fraction of sp³-hybridized carbons (Fsp3) is 0.263. The molecule has 0 fully saturated rings. The topological polar surface area (TPSA) is 95.4 Å². The maximum atomic E-state index is 11.9. The van der Waals surface area contributed by atoms with E-state index in [9.17, 15) is 15.0 Å². The van der Waals surface area contributed by atoms with E-state index < -0.39 is 6.23 Å². The van der Waals surface area contributed by atoms with E-state index in [0.717, 1.165) is 0 Å². The number of hydrogen-bond donors (Lipinski definition) is 2. The number of benzene rings is 1. The molecule has 2 N–H and O–H groups in total. The Hall–Kier alpha value is -3.26. The molecule has 2 heterocycles. The molecule has 1 amide bonds. The van der Waals surface area contributed by atoms with Crippen LogP contribution in [0.3, 0.4) is 0 Å². The van der Waals surface area contributed by atoms with E-state index in [1.54, 1.807) is 29.2 Å². The van der Waals surface area contributed by atoms with E-state index in [4.69, 9.17) is 9.47 Å². The van der Waals surface area contributed by atoms with Gasteiger partial charge in [0.2, 0.25) is 6.41 Å². The van der Waals surface area contributed by atoms with Crippen LogP contribution >= 0.6 is 0 Å². The molecule has 27 heavy (non-hydrogen) atoms. The zero-order valence-electron chi connectivity index (χ0n) is 15.3. The van der Waals surface area contributed by atoms with Crippen molar-refractivity contribution in [2.45, 2.75) is 13.2 Å². The number of anilines is 2. The Morgan fingerprint density at radius 1 is 1.22 bits per heavy atom. The number of hydrogen-bond acceptors (Lipinski definition) is 7. The third-order valence-corrected chi connectivity index (χ3v) is 4.50. The number of amides is 1. The number of likely N-dealkylation sites (N-methyl/N-ethyl adjacent to an activating group) is 1. The van der Waals surface area contributed by atoms with Gasteiger partial charge in [-0.2, -0.15) is 0 Å². The molecule has 1 aliphatic heterocycles. The van der Waals surface area contributed by atoms with Crippen molar-refractivity contribution in [3.63, 3.8) is 0 Å². The Morgan fingerprint density at radius 3 is 2.48 bits per heavy atom. The molecule has 8 nitrogen and oxygen atoms in total. The van der Waals surface area contributed by atoms with E-state index in [1.165, 1.54) is 31.5 Å². The van der Waals surface area contributed by atoms with Gasteiger partial charge < -0.3 is 24.6 Å². The average Bonchev–Trinajstić information content (AvgIpc) is 2.71. The monoisotopic (exact) mass is 371 g/mol. The van der Waals surface area contributed by atoms with E-state index in [1.807, 2.05) is 6.92 Å². The number of methoxy groups -OCH3 is 2. The summed E-state index contributed by atoms with van der Waals surface area (Å²) < 4.78 is 10.8. The van der Waals surface area contributed by atoms with Gasteiger partial charge in [0.25, 0.3) is 0 Å². The van der Waals surface area contributed by atoms with Gasteiger partial charge in [0.15, 0.2) is 23.5 Å². The minimum absolute atomic E-state index is 0.0251. The van der Waals surface area contributed by atoms with Crippen LogP contribution in [-0.2, 0) is 4.79 Å². The molecule has 1 unspecified atom stereocenters. The fourth-order valence-electron chi connectivity index (χ4n) is 3.26. The van der Waals surface area contributed by atoms with Crippen LogP contribution in [0.4, 0.5) is 11.4 Å². The summed E-state index contributed by atoms with van der Waals surface area (Å²) in [5.74, 6) is 0.481. The van der Waals surface area contributed by atoms with Crippen LogP contribution in [0.1, 0.15) is 12.5 Å². The Labute approximate surface area is 156 Å². The molecular formula is C19H21N3O5. The minimum atomic E-state index is -1.24. The van der Waals surface area contributed by atoms with E-state index >= 15 is 0 Å². The number of aromatic nitrogens is 1. The first-order chi connectivity index (χ1) is 13.1. The molecule has 0 aliphatic carbocycles. The predicted molar refractivity (Wildman–Crippen MR) is 101 cm³/mol. The lowest BCUT2D eigenvalue weighted by molar-refractivity contribution is -0.107. The summed E-state index contributed by atoms with van der Waals surface area (Å²) in [7, 11) is 2.96. The zero-order valence-corrected chi connectivity index (χ0v) is 15.3. The maximum absolute atomic E-state index is 11.9. The highest BCUT2D eigenvalue weighted by Crippen LogP contribution is 2.46. The Bertz CT molecular complexity index is 869. The zero-order chi connectivity index (χ0) is 19.6. The van der Waals surface area contributed by atoms with Gasteiger partial charge in [0.1, 0.15) is 5.70 Å². The van der Waals surface area contributed by atoms with Gasteiger partial charge in [0, 0.05) is 18.9 Å². The largest absolute Gasteiger partial charge is 0.505 e. The molecule has 1 atom stereocenters. The summed E-state index contributed by atoms with van der Waals surface area (Å²) in [5, 5.41) is 22.0. The highest BCUT2D eigenvalue weighted by Gasteiger charge is 2.37. The van der Waals surface area contributed by atoms with Crippen LogP contribution in [0.2, 0.25) is 0 Å². The highest BCUT2D eigenvalue weighted by molar-refractivity contribution is 5.91. The summed E-state index contributed by atoms with van der Waals surface area (Å²) in [6.45, 7) is 2.30. The van der Waals surface area contributed by atoms with Gasteiger partial charge in [-0.1, -0.05) is 0 Å². The molecule has 1 aromatic carbocycles. The number of carbonyl (C=O) groups is 1. The van der Waals surface area contributed by atoms with Gasteiger partial charge in [-0.15, -0.1) is 0 Å². The molecule has 8 heteroatoms. The number of nitrogens with zero attached hydrogens (tertiary/aromatic N) is 3. The first kappa shape index (κ1) is 18.5. The van der Waals surface area contributed by atoms with E-state index in [2.05, 4.69) is 4.98 Å². The van der Waals surface area contributed by atoms with Crippen molar-refractivity contribution >= 4 is 23.5 Å². The quantitative estimate of drug-likeness (QED) is 0.751. The highest BCUT2D eigenvalue weighted by atomic mass is 16.5. The molecule has 2 aromatic rings. The van der Waals surface area contributed by atoms with Crippen LogP contribution in [0.15, 0.2) is 42.4 Å². The molecule has 142 valence electrons. The number of ether oxygens (including phenoxy) is 2. The van der Waals surface area contributed by atoms with Gasteiger partial charge in [0.05, 0.1) is 31.2 Å². The molecule has 1 aliphatic rings. The summed E-state index contributed by atoms with van der Waals surface area (Å²) in [5.41, 5.74) is 1.41. The van der Waals surface area contributed by atoms with Crippen LogP contribution in [0.25, 0.3) is 5.76 Å². The number of pyridine rings is 1. The summed E-state index contributed by atoms with van der Waals surface area (Å²) in [4.78, 5) is 18.6. The first-order valence-electron chi connectivity index (χ1n) is 8.36. The Morgan fingerprint density at radius 2 is 1.93 bits per heavy atom. The lowest BCUT2D eigenvalue weighted by atomic mass is 10.00. The Kier molecular flexibility index (Phi) is 5.18. The second-order valence-corrected chi connectivity index (χ2v) is 5.77. The van der Waals surface area contributed by atoms with Crippen LogP contribution < -0.4 is 19.3 Å². The second-order valence-electron chi connectivity index (χ2n) is 5.77. The van der Waals surface area contributed by atoms with E-state index in [-0.39, 0.29) is 11.5 Å². The molecule has 0 bridgehead atoms. The number of aliphatic hydroxyl groups is 2. The minimum Gasteiger partial charge on any atom is -0.505 e. The predicted octanol–water partition coefficient (Wildman–Crippen LogP) is 2.15. The third kappa shape index (κ3) is 2.93. The molecule has 0 saturated heterocycles. The number of fused-ring (bicyclic) bond motifs is 1. The number of carbonyl (C=O) groups excluding carboxylic acids is 1. The molecule has 1 aromatic heterocycles. The van der Waals surface area contributed by atoms with Gasteiger partial charge >= 0.3 is 0 Å². The SMILES string of the molecule is CCN1c2ccc(OC)c(OC)c2C(O)=C(N(C=O)c2ccncc2)C1O. The molecular weight excluding hydrogens is 350 g/mol. The standard InChI is InChI=1S/C19H21N3O5/c1-4-21-13-5-6-14(26-2)18(27-3)15(13)17(24)16(19(21)25)22(11-23)12-7-9-20-10-8-12/h5-11,19,24-25H,4H2,1-3H3. The first-order valence-corrected chi connectivity index (χ1v) is 8.36. The lowest BCUT2D eigenvalue weighted by Gasteiger charge is -2.39. The number of rotatable bonds is 6. The maximum Gasteiger partial charge on any atom is 0.218 e. The Balaban J connectivity index is 2.29. The third-order valence-electron chi connectivity index (χ3n) is 4.50. The normalized spacial score (nSPS) is 16.0. The smallest absolute Gasteiger partial charge is 0.218 e. The van der Waals surface area contributed by atoms with Crippen LogP contribution in [-0.4, -0.2) is 48.6 Å². The van der Waals surface area contributed by atoms with Crippen LogP contribution in [0.5, 0.6) is 11.5 Å². The van der Waals surface area contributed by atoms with Gasteiger partial charge in [-0.3, -0.25) is 14.7 Å². The van der Waals surface area contributed by atoms with Crippen molar-refractivity contribution in [1.29, 1.82) is 0 Å². The summed E-state index contributed by atoms with van der Waals surface area (Å²) >= 11 is 0. The second kappa shape index (κ2) is 7.55. The van der Waals surface area contributed by atoms with Gasteiger partial charge in [-0.05, 0) is 31.2 Å². The van der Waals surface area contributed by atoms with Crippen molar-refractivity contribution in [1.82, 2.24) is 4.98 Å². The number of aliphatic hydroxyl groups excluding tert-OH is 2. The van der Waals surface area contributed by atoms with Gasteiger partial charge in [-0.25, -0.2) is 0 Å². The van der Waals surface area contributed by atoms with E-state index in [0.29, 0.717) is 41.4 Å². The van der Waals surface area contributed by atoms with Crippen LogP contribution in [0, 0.1) is 0 Å². The molecule has 0 spiro atoms. The van der Waals surface area contributed by atoms with Crippen molar-refractivity contribution in [2.75, 3.05) is 30.6 Å². The molecule has 0 radical (unpaired) electrons. The molecule has 3 rings (SSSR count). The average molecular weight is 371 g/mol. The van der Waals surface area contributed by atoms with Crippen molar-refractivity contribution < 1.29 is 24.5 Å². The van der Waals surface area contributed by atoms with Crippen molar-refractivity contribution in [2.24, 2.45) is 0 Å².